The maximum atomic E-state index is 10.3. The molecule has 0 spiro atoms. The Kier molecular flexibility index (Phi) is 5.50. The molecule has 0 saturated heterocycles. The zero-order chi connectivity index (χ0) is 12.1. The smallest absolute Gasteiger partial charge is 0.0650 e. The minimum atomic E-state index is -0.477. The summed E-state index contributed by atoms with van der Waals surface area (Å²) in [4.78, 5) is 0. The quantitative estimate of drug-likeness (QED) is 0.708. The Labute approximate surface area is 99.4 Å². The molecule has 1 fully saturated rings. The van der Waals surface area contributed by atoms with E-state index in [1.54, 1.807) is 6.08 Å². The first-order valence-electron chi connectivity index (χ1n) is 6.56. The van der Waals surface area contributed by atoms with Gasteiger partial charge in [-0.3, -0.25) is 0 Å². The summed E-state index contributed by atoms with van der Waals surface area (Å²) in [5.74, 6) is 0.375. The molecule has 1 saturated carbocycles. The van der Waals surface area contributed by atoms with Gasteiger partial charge in [0.25, 0.3) is 0 Å². The van der Waals surface area contributed by atoms with Gasteiger partial charge in [0.15, 0.2) is 0 Å². The Bertz CT molecular complexity index is 209. The van der Waals surface area contributed by atoms with Gasteiger partial charge in [-0.25, -0.2) is 0 Å². The Morgan fingerprint density at radius 1 is 1.12 bits per heavy atom. The van der Waals surface area contributed by atoms with E-state index in [1.165, 1.54) is 19.3 Å². The highest BCUT2D eigenvalue weighted by Gasteiger charge is 2.31. The van der Waals surface area contributed by atoms with Gasteiger partial charge in [-0.2, -0.15) is 0 Å². The maximum Gasteiger partial charge on any atom is 0.0650 e. The summed E-state index contributed by atoms with van der Waals surface area (Å²) in [7, 11) is 0. The molecule has 1 unspecified atom stereocenters. The van der Waals surface area contributed by atoms with Crippen LogP contribution in [0.4, 0.5) is 0 Å². The molecule has 0 aliphatic heterocycles. The van der Waals surface area contributed by atoms with Crippen LogP contribution >= 0.6 is 0 Å². The van der Waals surface area contributed by atoms with Crippen molar-refractivity contribution < 1.29 is 10.2 Å². The van der Waals surface area contributed by atoms with Crippen LogP contribution in [0.5, 0.6) is 0 Å². The van der Waals surface area contributed by atoms with Crippen molar-refractivity contribution >= 4 is 0 Å². The Balaban J connectivity index is 2.50. The first-order valence-corrected chi connectivity index (χ1v) is 6.56. The molecule has 2 N–H and O–H groups in total. The van der Waals surface area contributed by atoms with Crippen LogP contribution in [-0.4, -0.2) is 22.4 Å². The third kappa shape index (κ3) is 3.33. The molecule has 94 valence electrons. The number of hydrogen-bond acceptors (Lipinski definition) is 2. The van der Waals surface area contributed by atoms with Crippen molar-refractivity contribution in [2.24, 2.45) is 17.8 Å². The van der Waals surface area contributed by atoms with Crippen molar-refractivity contribution in [3.05, 3.63) is 12.7 Å². The normalized spacial score (nSPS) is 25.8. The van der Waals surface area contributed by atoms with Gasteiger partial charge in [0.05, 0.1) is 12.2 Å². The second kappa shape index (κ2) is 6.41. The summed E-state index contributed by atoms with van der Waals surface area (Å²) in [5.41, 5.74) is 0. The van der Waals surface area contributed by atoms with Gasteiger partial charge in [0.1, 0.15) is 0 Å². The van der Waals surface area contributed by atoms with Crippen molar-refractivity contribution in [1.29, 1.82) is 0 Å². The molecule has 4 atom stereocenters. The van der Waals surface area contributed by atoms with E-state index >= 15 is 0 Å². The highest BCUT2D eigenvalue weighted by Crippen LogP contribution is 2.31. The summed E-state index contributed by atoms with van der Waals surface area (Å²) >= 11 is 0. The Hall–Kier alpha value is -0.340. The summed E-state index contributed by atoms with van der Waals surface area (Å²) in [6, 6.07) is 0. The lowest BCUT2D eigenvalue weighted by Crippen LogP contribution is -2.38. The van der Waals surface area contributed by atoms with Gasteiger partial charge in [-0.1, -0.05) is 39.2 Å². The summed E-state index contributed by atoms with van der Waals surface area (Å²) in [6.07, 6.45) is 6.88. The molecule has 1 aliphatic rings. The van der Waals surface area contributed by atoms with Crippen LogP contribution in [0.25, 0.3) is 0 Å². The lowest BCUT2D eigenvalue weighted by atomic mass is 9.77. The van der Waals surface area contributed by atoms with Crippen molar-refractivity contribution in [1.82, 2.24) is 0 Å². The van der Waals surface area contributed by atoms with Crippen LogP contribution < -0.4 is 0 Å². The van der Waals surface area contributed by atoms with E-state index in [4.69, 9.17) is 0 Å². The minimum absolute atomic E-state index is 0.0493. The van der Waals surface area contributed by atoms with E-state index in [0.29, 0.717) is 5.92 Å². The van der Waals surface area contributed by atoms with E-state index in [-0.39, 0.29) is 17.9 Å². The average Bonchev–Trinajstić information content (AvgIpc) is 2.36. The van der Waals surface area contributed by atoms with Crippen LogP contribution in [0.3, 0.4) is 0 Å². The second-order valence-corrected chi connectivity index (χ2v) is 5.33. The van der Waals surface area contributed by atoms with E-state index < -0.39 is 6.10 Å². The van der Waals surface area contributed by atoms with E-state index in [9.17, 15) is 10.2 Å². The Morgan fingerprint density at radius 2 is 1.69 bits per heavy atom. The molecular weight excluding hydrogens is 200 g/mol. The largest absolute Gasteiger partial charge is 0.392 e. The maximum absolute atomic E-state index is 10.3. The highest BCUT2D eigenvalue weighted by molar-refractivity contribution is 4.88. The van der Waals surface area contributed by atoms with Gasteiger partial charge >= 0.3 is 0 Å². The number of aliphatic hydroxyl groups excluding tert-OH is 2. The van der Waals surface area contributed by atoms with Crippen LogP contribution in [0.1, 0.15) is 46.0 Å². The zero-order valence-corrected chi connectivity index (χ0v) is 10.6. The summed E-state index contributed by atoms with van der Waals surface area (Å²) in [6.45, 7) is 7.59. The minimum Gasteiger partial charge on any atom is -0.392 e. The molecule has 0 aromatic heterocycles. The molecule has 1 aliphatic carbocycles. The second-order valence-electron chi connectivity index (χ2n) is 5.33. The summed E-state index contributed by atoms with van der Waals surface area (Å²) in [5, 5.41) is 20.3. The van der Waals surface area contributed by atoms with Crippen LogP contribution in [0.2, 0.25) is 0 Å². The first kappa shape index (κ1) is 13.7. The molecule has 1 rings (SSSR count). The third-order valence-corrected chi connectivity index (χ3v) is 4.12. The van der Waals surface area contributed by atoms with Gasteiger partial charge < -0.3 is 10.2 Å². The average molecular weight is 226 g/mol. The lowest BCUT2D eigenvalue weighted by Gasteiger charge is -2.34. The zero-order valence-electron chi connectivity index (χ0n) is 10.6. The van der Waals surface area contributed by atoms with Crippen LogP contribution in [0.15, 0.2) is 12.7 Å². The number of hydrogen-bond donors (Lipinski definition) is 2. The topological polar surface area (TPSA) is 40.5 Å². The molecule has 0 aromatic carbocycles. The molecule has 0 amide bonds. The van der Waals surface area contributed by atoms with E-state index in [2.05, 4.69) is 6.58 Å². The molecular formula is C14H26O2. The number of aliphatic hydroxyl groups is 2. The fourth-order valence-electron chi connectivity index (χ4n) is 2.73. The predicted molar refractivity (Wildman–Crippen MR) is 67.1 cm³/mol. The first-order chi connectivity index (χ1) is 7.57. The molecule has 2 heteroatoms. The third-order valence-electron chi connectivity index (χ3n) is 4.12. The standard InChI is InChI=1S/C14H26O2/c1-4-10(2)13(15)11(3)14(16)12-8-6-5-7-9-12/h4,10-16H,1,5-9H2,2-3H3/t10-,11+,13+,14?/m0/s1. The highest BCUT2D eigenvalue weighted by atomic mass is 16.3. The van der Waals surface area contributed by atoms with Crippen LogP contribution in [-0.2, 0) is 0 Å². The van der Waals surface area contributed by atoms with E-state index in [1.807, 2.05) is 13.8 Å². The lowest BCUT2D eigenvalue weighted by molar-refractivity contribution is -0.0316. The molecule has 2 nitrogen and oxygen atoms in total. The Morgan fingerprint density at radius 3 is 2.19 bits per heavy atom. The van der Waals surface area contributed by atoms with E-state index in [0.717, 1.165) is 12.8 Å². The summed E-state index contributed by atoms with van der Waals surface area (Å²) < 4.78 is 0. The number of rotatable bonds is 5. The SMILES string of the molecule is C=C[C@H](C)[C@@H](O)[C@@H](C)C(O)C1CCCCC1. The van der Waals surface area contributed by atoms with Gasteiger partial charge in [-0.05, 0) is 18.8 Å². The van der Waals surface area contributed by atoms with Crippen LogP contribution in [0, 0.1) is 17.8 Å². The fourth-order valence-corrected chi connectivity index (χ4v) is 2.73. The monoisotopic (exact) mass is 226 g/mol. The molecule has 0 radical (unpaired) electrons. The molecule has 0 bridgehead atoms. The molecule has 16 heavy (non-hydrogen) atoms. The predicted octanol–water partition coefficient (Wildman–Crippen LogP) is 2.75. The molecule has 0 heterocycles. The van der Waals surface area contributed by atoms with Gasteiger partial charge in [-0.15, -0.1) is 6.58 Å². The van der Waals surface area contributed by atoms with Gasteiger partial charge in [0, 0.05) is 11.8 Å². The van der Waals surface area contributed by atoms with Gasteiger partial charge in [0.2, 0.25) is 0 Å². The van der Waals surface area contributed by atoms with Crippen molar-refractivity contribution in [2.75, 3.05) is 0 Å². The van der Waals surface area contributed by atoms with Crippen molar-refractivity contribution in [3.8, 4) is 0 Å². The van der Waals surface area contributed by atoms with Crippen molar-refractivity contribution in [2.45, 2.75) is 58.2 Å². The fraction of sp³-hybridized carbons (Fsp3) is 0.857. The van der Waals surface area contributed by atoms with Crippen molar-refractivity contribution in [3.63, 3.8) is 0 Å². The molecule has 0 aromatic rings.